The van der Waals surface area contributed by atoms with E-state index in [0.717, 1.165) is 12.4 Å². The first kappa shape index (κ1) is 11.9. The molecule has 1 unspecified atom stereocenters. The molecule has 1 saturated heterocycles. The average Bonchev–Trinajstić information content (AvgIpc) is 2.77. The van der Waals surface area contributed by atoms with Gasteiger partial charge in [-0.05, 0) is 32.9 Å². The summed E-state index contributed by atoms with van der Waals surface area (Å²) in [6.07, 6.45) is 5.81. The third-order valence-electron chi connectivity index (χ3n) is 3.29. The summed E-state index contributed by atoms with van der Waals surface area (Å²) in [5, 5.41) is 7.90. The number of hydrogen-bond acceptors (Lipinski definition) is 3. The van der Waals surface area contributed by atoms with Crippen LogP contribution in [0.3, 0.4) is 0 Å². The van der Waals surface area contributed by atoms with Crippen LogP contribution in [0.25, 0.3) is 0 Å². The van der Waals surface area contributed by atoms with Crippen molar-refractivity contribution in [1.82, 2.24) is 19.7 Å². The first-order valence-electron chi connectivity index (χ1n) is 5.98. The Balaban J connectivity index is 1.93. The zero-order valence-electron chi connectivity index (χ0n) is 9.77. The minimum atomic E-state index is 0.437. The van der Waals surface area contributed by atoms with E-state index >= 15 is 0 Å². The summed E-state index contributed by atoms with van der Waals surface area (Å²) in [5.41, 5.74) is 0. The second-order valence-corrected chi connectivity index (χ2v) is 4.75. The van der Waals surface area contributed by atoms with Crippen molar-refractivity contribution in [1.29, 1.82) is 0 Å². The first-order valence-corrected chi connectivity index (χ1v) is 6.51. The van der Waals surface area contributed by atoms with Gasteiger partial charge in [0.25, 0.3) is 0 Å². The number of aromatic nitrogens is 3. The Kier molecular flexibility index (Phi) is 4.18. The summed E-state index contributed by atoms with van der Waals surface area (Å²) >= 11 is 5.81. The summed E-state index contributed by atoms with van der Waals surface area (Å²) in [6, 6.07) is 0.540. The van der Waals surface area contributed by atoms with Crippen molar-refractivity contribution in [2.24, 2.45) is 0 Å². The van der Waals surface area contributed by atoms with Crippen molar-refractivity contribution in [3.63, 3.8) is 0 Å². The van der Waals surface area contributed by atoms with Gasteiger partial charge in [0.15, 0.2) is 0 Å². The Morgan fingerprint density at radius 2 is 2.12 bits per heavy atom. The maximum absolute atomic E-state index is 5.81. The van der Waals surface area contributed by atoms with Crippen molar-refractivity contribution >= 4 is 11.6 Å². The molecule has 1 aromatic heterocycles. The zero-order chi connectivity index (χ0) is 11.4. The molecule has 0 N–H and O–H groups in total. The molecular formula is C11H19ClN4. The molecule has 16 heavy (non-hydrogen) atoms. The molecular weight excluding hydrogens is 224 g/mol. The standard InChI is InChI=1S/C11H19ClN4/c1-10(15-5-3-2-4-6-15)8-16-9-13-14-11(16)7-12/h9-10H,2-8H2,1H3. The number of piperidine rings is 1. The number of rotatable bonds is 4. The highest BCUT2D eigenvalue weighted by Crippen LogP contribution is 2.13. The van der Waals surface area contributed by atoms with E-state index in [1.54, 1.807) is 6.33 Å². The Hall–Kier alpha value is -0.610. The van der Waals surface area contributed by atoms with E-state index in [1.807, 2.05) is 0 Å². The molecule has 2 heterocycles. The summed E-state index contributed by atoms with van der Waals surface area (Å²) in [6.45, 7) is 5.65. The largest absolute Gasteiger partial charge is 0.315 e. The SMILES string of the molecule is CC(Cn1cnnc1CCl)N1CCCCC1. The lowest BCUT2D eigenvalue weighted by Gasteiger charge is -2.32. The molecule has 1 fully saturated rings. The molecule has 0 aromatic carbocycles. The minimum absolute atomic E-state index is 0.437. The van der Waals surface area contributed by atoms with Crippen molar-refractivity contribution in [2.45, 2.75) is 44.7 Å². The highest BCUT2D eigenvalue weighted by atomic mass is 35.5. The minimum Gasteiger partial charge on any atom is -0.315 e. The molecule has 0 amide bonds. The third-order valence-corrected chi connectivity index (χ3v) is 3.53. The second-order valence-electron chi connectivity index (χ2n) is 4.48. The number of nitrogens with zero attached hydrogens (tertiary/aromatic N) is 4. The molecule has 5 heteroatoms. The van der Waals surface area contributed by atoms with Crippen LogP contribution in [0.15, 0.2) is 6.33 Å². The van der Waals surface area contributed by atoms with Crippen LogP contribution in [0.4, 0.5) is 0 Å². The van der Waals surface area contributed by atoms with Crippen molar-refractivity contribution in [3.8, 4) is 0 Å². The van der Waals surface area contributed by atoms with E-state index in [0.29, 0.717) is 11.9 Å². The molecule has 1 aliphatic heterocycles. The first-order chi connectivity index (χ1) is 7.81. The molecule has 2 rings (SSSR count). The van der Waals surface area contributed by atoms with E-state index in [1.165, 1.54) is 32.4 Å². The zero-order valence-corrected chi connectivity index (χ0v) is 10.5. The molecule has 1 aliphatic rings. The van der Waals surface area contributed by atoms with Crippen LogP contribution in [0, 0.1) is 0 Å². The summed E-state index contributed by atoms with van der Waals surface area (Å²) < 4.78 is 2.06. The molecule has 1 atom stereocenters. The number of hydrogen-bond donors (Lipinski definition) is 0. The van der Waals surface area contributed by atoms with E-state index < -0.39 is 0 Å². The smallest absolute Gasteiger partial charge is 0.147 e. The predicted molar refractivity (Wildman–Crippen MR) is 64.5 cm³/mol. The van der Waals surface area contributed by atoms with E-state index in [4.69, 9.17) is 11.6 Å². The fourth-order valence-electron chi connectivity index (χ4n) is 2.29. The molecule has 4 nitrogen and oxygen atoms in total. The molecule has 0 saturated carbocycles. The molecule has 0 radical (unpaired) electrons. The fraction of sp³-hybridized carbons (Fsp3) is 0.818. The Labute approximate surface area is 102 Å². The molecule has 0 bridgehead atoms. The monoisotopic (exact) mass is 242 g/mol. The topological polar surface area (TPSA) is 34.0 Å². The highest BCUT2D eigenvalue weighted by Gasteiger charge is 2.17. The molecule has 90 valence electrons. The van der Waals surface area contributed by atoms with E-state index in [2.05, 4.69) is 26.6 Å². The summed E-state index contributed by atoms with van der Waals surface area (Å²) in [4.78, 5) is 2.54. The van der Waals surface area contributed by atoms with E-state index in [-0.39, 0.29) is 0 Å². The average molecular weight is 243 g/mol. The predicted octanol–water partition coefficient (Wildman–Crippen LogP) is 1.89. The maximum Gasteiger partial charge on any atom is 0.147 e. The Bertz CT molecular complexity index is 320. The van der Waals surface area contributed by atoms with Crippen molar-refractivity contribution in [3.05, 3.63) is 12.2 Å². The van der Waals surface area contributed by atoms with Gasteiger partial charge in [-0.3, -0.25) is 4.90 Å². The van der Waals surface area contributed by atoms with Gasteiger partial charge in [-0.25, -0.2) is 0 Å². The van der Waals surface area contributed by atoms with Gasteiger partial charge in [-0.2, -0.15) is 0 Å². The maximum atomic E-state index is 5.81. The lowest BCUT2D eigenvalue weighted by molar-refractivity contribution is 0.159. The number of alkyl halides is 1. The van der Waals surface area contributed by atoms with Crippen molar-refractivity contribution in [2.75, 3.05) is 13.1 Å². The van der Waals surface area contributed by atoms with Gasteiger partial charge in [0.2, 0.25) is 0 Å². The van der Waals surface area contributed by atoms with Crippen LogP contribution in [-0.4, -0.2) is 38.8 Å². The van der Waals surface area contributed by atoms with Crippen LogP contribution in [0.2, 0.25) is 0 Å². The van der Waals surface area contributed by atoms with Gasteiger partial charge in [0, 0.05) is 12.6 Å². The Morgan fingerprint density at radius 3 is 2.81 bits per heavy atom. The van der Waals surface area contributed by atoms with Crippen LogP contribution in [-0.2, 0) is 12.4 Å². The lowest BCUT2D eigenvalue weighted by atomic mass is 10.1. The quantitative estimate of drug-likeness (QED) is 0.757. The third kappa shape index (κ3) is 2.74. The number of halogens is 1. The lowest BCUT2D eigenvalue weighted by Crippen LogP contribution is -2.39. The van der Waals surface area contributed by atoms with E-state index in [9.17, 15) is 0 Å². The molecule has 1 aromatic rings. The highest BCUT2D eigenvalue weighted by molar-refractivity contribution is 6.16. The summed E-state index contributed by atoms with van der Waals surface area (Å²) in [7, 11) is 0. The van der Waals surface area contributed by atoms with Gasteiger partial charge in [0.1, 0.15) is 12.2 Å². The van der Waals surface area contributed by atoms with Crippen LogP contribution >= 0.6 is 11.6 Å². The van der Waals surface area contributed by atoms with Gasteiger partial charge >= 0.3 is 0 Å². The van der Waals surface area contributed by atoms with Crippen LogP contribution in [0.1, 0.15) is 32.0 Å². The summed E-state index contributed by atoms with van der Waals surface area (Å²) in [5.74, 6) is 1.30. The van der Waals surface area contributed by atoms with Crippen molar-refractivity contribution < 1.29 is 0 Å². The van der Waals surface area contributed by atoms with Gasteiger partial charge in [-0.1, -0.05) is 6.42 Å². The normalized spacial score (nSPS) is 19.9. The molecule has 0 spiro atoms. The fourth-order valence-corrected chi connectivity index (χ4v) is 2.50. The van der Waals surface area contributed by atoms with Gasteiger partial charge in [-0.15, -0.1) is 21.8 Å². The van der Waals surface area contributed by atoms with Gasteiger partial charge < -0.3 is 4.57 Å². The second kappa shape index (κ2) is 5.64. The Morgan fingerprint density at radius 1 is 1.38 bits per heavy atom. The molecule has 0 aliphatic carbocycles. The number of likely N-dealkylation sites (tertiary alicyclic amines) is 1. The van der Waals surface area contributed by atoms with Gasteiger partial charge in [0.05, 0.1) is 5.88 Å². The van der Waals surface area contributed by atoms with Crippen LogP contribution in [0.5, 0.6) is 0 Å². The van der Waals surface area contributed by atoms with Crippen LogP contribution < -0.4 is 0 Å².